The molecule has 28 heavy (non-hydrogen) atoms. The van der Waals surface area contributed by atoms with Crippen LogP contribution in [0.2, 0.25) is 0 Å². The summed E-state index contributed by atoms with van der Waals surface area (Å²) in [4.78, 5) is 33.3. The highest BCUT2D eigenvalue weighted by molar-refractivity contribution is 5.96. The van der Waals surface area contributed by atoms with Crippen molar-refractivity contribution >= 4 is 23.5 Å². The van der Waals surface area contributed by atoms with Crippen molar-refractivity contribution in [2.75, 3.05) is 17.7 Å². The third-order valence-electron chi connectivity index (χ3n) is 4.11. The second kappa shape index (κ2) is 8.17. The summed E-state index contributed by atoms with van der Waals surface area (Å²) in [5.74, 6) is -0.422. The molecule has 8 heteroatoms. The van der Waals surface area contributed by atoms with E-state index in [9.17, 15) is 14.7 Å². The van der Waals surface area contributed by atoms with Crippen LogP contribution in [0, 0.1) is 0 Å². The highest BCUT2D eigenvalue weighted by Crippen LogP contribution is 2.25. The minimum atomic E-state index is -1.07. The van der Waals surface area contributed by atoms with Crippen LogP contribution >= 0.6 is 0 Å². The molecule has 1 heterocycles. The van der Waals surface area contributed by atoms with Gasteiger partial charge in [-0.25, -0.2) is 14.8 Å². The number of nitrogens with zero attached hydrogens (tertiary/aromatic N) is 3. The van der Waals surface area contributed by atoms with Crippen molar-refractivity contribution in [1.29, 1.82) is 0 Å². The molecule has 0 saturated heterocycles. The lowest BCUT2D eigenvalue weighted by Crippen LogP contribution is -2.28. The summed E-state index contributed by atoms with van der Waals surface area (Å²) >= 11 is 0. The number of aromatic nitrogens is 2. The molecule has 0 unspecified atom stereocenters. The predicted octanol–water partition coefficient (Wildman–Crippen LogP) is 2.77. The van der Waals surface area contributed by atoms with E-state index in [2.05, 4.69) is 15.3 Å². The quantitative estimate of drug-likeness (QED) is 0.628. The first kappa shape index (κ1) is 18.8. The van der Waals surface area contributed by atoms with E-state index in [1.54, 1.807) is 24.3 Å². The summed E-state index contributed by atoms with van der Waals surface area (Å²) in [5.41, 5.74) is 8.13. The van der Waals surface area contributed by atoms with Crippen LogP contribution in [0.15, 0.2) is 60.8 Å². The predicted molar refractivity (Wildman–Crippen MR) is 106 cm³/mol. The van der Waals surface area contributed by atoms with Gasteiger partial charge in [0, 0.05) is 18.3 Å². The van der Waals surface area contributed by atoms with Gasteiger partial charge in [0.15, 0.2) is 11.5 Å². The van der Waals surface area contributed by atoms with Crippen LogP contribution in [0.5, 0.6) is 0 Å². The number of hydrogen-bond acceptors (Lipinski definition) is 5. The number of carbonyl (C=O) groups excluding carboxylic acids is 1. The van der Waals surface area contributed by atoms with Crippen LogP contribution in [0.4, 0.5) is 16.3 Å². The first-order chi connectivity index (χ1) is 13.5. The fourth-order valence-electron chi connectivity index (χ4n) is 2.69. The third kappa shape index (κ3) is 4.07. The lowest BCUT2D eigenvalue weighted by molar-refractivity contribution is 0.0959. The molecule has 2 aromatic carbocycles. The number of amides is 2. The summed E-state index contributed by atoms with van der Waals surface area (Å²) in [6.07, 6.45) is 0.374. The maximum Gasteiger partial charge on any atom is 0.412 e. The Bertz CT molecular complexity index is 1010. The molecule has 2 amide bonds. The third-order valence-corrected chi connectivity index (χ3v) is 4.11. The van der Waals surface area contributed by atoms with Crippen molar-refractivity contribution < 1.29 is 14.7 Å². The summed E-state index contributed by atoms with van der Waals surface area (Å²) < 4.78 is 0. The maximum absolute atomic E-state index is 11.9. The molecule has 142 valence electrons. The first-order valence-corrected chi connectivity index (χ1v) is 8.49. The standard InChI is InChI=1S/C20H19N5O3/c1-22-19(26)17-18(21)23-11-16(24-17)14-8-5-9-15(10-14)25(20(27)28)12-13-6-3-2-4-7-13/h2-11H,12H2,1H3,(H2,21,23)(H,22,26)(H,27,28). The van der Waals surface area contributed by atoms with E-state index in [0.29, 0.717) is 16.9 Å². The van der Waals surface area contributed by atoms with Gasteiger partial charge in [-0.2, -0.15) is 0 Å². The summed E-state index contributed by atoms with van der Waals surface area (Å²) in [5, 5.41) is 12.1. The second-order valence-corrected chi connectivity index (χ2v) is 5.97. The van der Waals surface area contributed by atoms with Gasteiger partial charge in [0.1, 0.15) is 0 Å². The molecule has 0 spiro atoms. The SMILES string of the molecule is CNC(=O)c1nc(-c2cccc(N(Cc3ccccc3)C(=O)O)c2)cnc1N. The molecule has 0 aliphatic rings. The monoisotopic (exact) mass is 377 g/mol. The van der Waals surface area contributed by atoms with E-state index < -0.39 is 12.0 Å². The van der Waals surface area contributed by atoms with Crippen molar-refractivity contribution in [1.82, 2.24) is 15.3 Å². The fraction of sp³-hybridized carbons (Fsp3) is 0.100. The molecule has 0 atom stereocenters. The van der Waals surface area contributed by atoms with Crippen LogP contribution < -0.4 is 16.0 Å². The molecule has 4 N–H and O–H groups in total. The van der Waals surface area contributed by atoms with Crippen LogP contribution in [-0.4, -0.2) is 34.1 Å². The Morgan fingerprint density at radius 2 is 1.89 bits per heavy atom. The van der Waals surface area contributed by atoms with Crippen molar-refractivity contribution in [2.45, 2.75) is 6.54 Å². The van der Waals surface area contributed by atoms with Gasteiger partial charge in [-0.3, -0.25) is 9.69 Å². The summed E-state index contributed by atoms with van der Waals surface area (Å²) in [6.45, 7) is 0.205. The number of anilines is 2. The van der Waals surface area contributed by atoms with E-state index >= 15 is 0 Å². The molecular formula is C20H19N5O3. The molecule has 3 aromatic rings. The molecule has 0 aliphatic heterocycles. The number of nitrogens with one attached hydrogen (secondary N) is 1. The number of benzene rings is 2. The lowest BCUT2D eigenvalue weighted by Gasteiger charge is -2.20. The van der Waals surface area contributed by atoms with Crippen LogP contribution in [0.3, 0.4) is 0 Å². The zero-order valence-corrected chi connectivity index (χ0v) is 15.2. The number of carbonyl (C=O) groups is 2. The zero-order chi connectivity index (χ0) is 20.1. The Morgan fingerprint density at radius 1 is 1.14 bits per heavy atom. The van der Waals surface area contributed by atoms with E-state index in [-0.39, 0.29) is 18.1 Å². The smallest absolute Gasteiger partial charge is 0.412 e. The average molecular weight is 377 g/mol. The van der Waals surface area contributed by atoms with Crippen molar-refractivity contribution in [2.24, 2.45) is 0 Å². The molecule has 3 rings (SSSR count). The molecule has 0 bridgehead atoms. The largest absolute Gasteiger partial charge is 0.465 e. The average Bonchev–Trinajstić information content (AvgIpc) is 2.72. The zero-order valence-electron chi connectivity index (χ0n) is 15.2. The number of carboxylic acid groups (broad SMARTS) is 1. The number of nitrogens with two attached hydrogens (primary N) is 1. The topological polar surface area (TPSA) is 121 Å². The number of hydrogen-bond donors (Lipinski definition) is 3. The van der Waals surface area contributed by atoms with Crippen LogP contribution in [0.25, 0.3) is 11.3 Å². The van der Waals surface area contributed by atoms with Gasteiger partial charge < -0.3 is 16.2 Å². The molecular weight excluding hydrogens is 358 g/mol. The minimum absolute atomic E-state index is 0.0183. The fourth-order valence-corrected chi connectivity index (χ4v) is 2.69. The summed E-state index contributed by atoms with van der Waals surface area (Å²) in [7, 11) is 1.48. The van der Waals surface area contributed by atoms with Gasteiger partial charge in [0.05, 0.1) is 18.4 Å². The highest BCUT2D eigenvalue weighted by Gasteiger charge is 2.17. The normalized spacial score (nSPS) is 10.3. The van der Waals surface area contributed by atoms with Crippen molar-refractivity contribution in [3.63, 3.8) is 0 Å². The minimum Gasteiger partial charge on any atom is -0.465 e. The van der Waals surface area contributed by atoms with E-state index in [4.69, 9.17) is 5.73 Å². The van der Waals surface area contributed by atoms with Gasteiger partial charge in [-0.1, -0.05) is 42.5 Å². The second-order valence-electron chi connectivity index (χ2n) is 5.97. The van der Waals surface area contributed by atoms with E-state index in [0.717, 1.165) is 5.56 Å². The number of nitrogen functional groups attached to an aromatic ring is 1. The van der Waals surface area contributed by atoms with Gasteiger partial charge >= 0.3 is 6.09 Å². The van der Waals surface area contributed by atoms with Crippen molar-refractivity contribution in [3.05, 3.63) is 72.1 Å². The Kier molecular flexibility index (Phi) is 5.50. The Hall–Kier alpha value is -3.94. The molecule has 1 aromatic heterocycles. The van der Waals surface area contributed by atoms with Gasteiger partial charge in [-0.05, 0) is 17.7 Å². The molecule has 0 fully saturated rings. The van der Waals surface area contributed by atoms with E-state index in [1.165, 1.54) is 18.1 Å². The first-order valence-electron chi connectivity index (χ1n) is 8.49. The summed E-state index contributed by atoms with van der Waals surface area (Å²) in [6, 6.07) is 16.2. The van der Waals surface area contributed by atoms with Gasteiger partial charge in [-0.15, -0.1) is 0 Å². The van der Waals surface area contributed by atoms with Crippen LogP contribution in [-0.2, 0) is 6.54 Å². The van der Waals surface area contributed by atoms with Gasteiger partial charge in [0.25, 0.3) is 5.91 Å². The Balaban J connectivity index is 1.97. The van der Waals surface area contributed by atoms with Gasteiger partial charge in [0.2, 0.25) is 0 Å². The van der Waals surface area contributed by atoms with Crippen LogP contribution in [0.1, 0.15) is 16.1 Å². The Labute approximate surface area is 161 Å². The molecule has 0 radical (unpaired) electrons. The van der Waals surface area contributed by atoms with Crippen molar-refractivity contribution in [3.8, 4) is 11.3 Å². The molecule has 0 saturated carbocycles. The maximum atomic E-state index is 11.9. The molecule has 0 aliphatic carbocycles. The number of rotatable bonds is 5. The highest BCUT2D eigenvalue weighted by atomic mass is 16.4. The lowest BCUT2D eigenvalue weighted by atomic mass is 10.1. The van der Waals surface area contributed by atoms with E-state index in [1.807, 2.05) is 30.3 Å². The Morgan fingerprint density at radius 3 is 2.57 bits per heavy atom. The molecule has 8 nitrogen and oxygen atoms in total.